The largest absolute Gasteiger partial charge is 0.493 e. The molecular weight excluding hydrogens is 306 g/mol. The van der Waals surface area contributed by atoms with Crippen LogP contribution in [0, 0.1) is 0 Å². The molecule has 0 aliphatic heterocycles. The van der Waals surface area contributed by atoms with E-state index in [9.17, 15) is 4.79 Å². The van der Waals surface area contributed by atoms with E-state index in [0.29, 0.717) is 25.5 Å². The van der Waals surface area contributed by atoms with Gasteiger partial charge in [0.05, 0.1) is 13.2 Å². The van der Waals surface area contributed by atoms with Gasteiger partial charge in [0.25, 0.3) is 0 Å². The van der Waals surface area contributed by atoms with Crippen molar-refractivity contribution in [2.45, 2.75) is 20.0 Å². The summed E-state index contributed by atoms with van der Waals surface area (Å²) in [6.07, 6.45) is 0.502. The molecule has 0 saturated heterocycles. The maximum absolute atomic E-state index is 11.6. The Morgan fingerprint density at radius 3 is 2.38 bits per heavy atom. The second-order valence-electron chi connectivity index (χ2n) is 5.16. The lowest BCUT2D eigenvalue weighted by Crippen LogP contribution is -2.28. The van der Waals surface area contributed by atoms with Crippen LogP contribution in [0.2, 0.25) is 0 Å². The fourth-order valence-corrected chi connectivity index (χ4v) is 1.97. The van der Waals surface area contributed by atoms with E-state index in [1.54, 1.807) is 0 Å². The van der Waals surface area contributed by atoms with Crippen LogP contribution in [0.4, 0.5) is 4.79 Å². The van der Waals surface area contributed by atoms with Crippen molar-refractivity contribution in [3.05, 3.63) is 60.2 Å². The van der Waals surface area contributed by atoms with Crippen molar-refractivity contribution in [2.75, 3.05) is 19.8 Å². The van der Waals surface area contributed by atoms with E-state index >= 15 is 0 Å². The first-order valence-electron chi connectivity index (χ1n) is 8.08. The molecule has 2 aromatic carbocycles. The summed E-state index contributed by atoms with van der Waals surface area (Å²) in [6, 6.07) is 17.0. The smallest absolute Gasteiger partial charge is 0.407 e. The second-order valence-corrected chi connectivity index (χ2v) is 5.16. The molecule has 2 aromatic rings. The van der Waals surface area contributed by atoms with Crippen molar-refractivity contribution in [1.29, 1.82) is 0 Å². The standard InChI is InChI=1S/C19H23NO4/c1-2-12-22-17-9-6-10-18(14-17)23-13-11-20-19(21)24-15-16-7-4-3-5-8-16/h3-10,14H,2,11-13,15H2,1H3,(H,20,21). The van der Waals surface area contributed by atoms with Crippen LogP contribution in [0.5, 0.6) is 11.5 Å². The molecule has 0 unspecified atom stereocenters. The molecule has 0 bridgehead atoms. The van der Waals surface area contributed by atoms with Crippen molar-refractivity contribution in [3.8, 4) is 11.5 Å². The molecule has 0 radical (unpaired) electrons. The lowest BCUT2D eigenvalue weighted by atomic mass is 10.2. The highest BCUT2D eigenvalue weighted by molar-refractivity contribution is 5.67. The number of alkyl carbamates (subject to hydrolysis) is 1. The van der Waals surface area contributed by atoms with Crippen molar-refractivity contribution < 1.29 is 19.0 Å². The monoisotopic (exact) mass is 329 g/mol. The summed E-state index contributed by atoms with van der Waals surface area (Å²) in [6.45, 7) is 3.72. The molecule has 1 amide bonds. The molecule has 0 fully saturated rings. The highest BCUT2D eigenvalue weighted by Crippen LogP contribution is 2.19. The van der Waals surface area contributed by atoms with Crippen molar-refractivity contribution in [2.24, 2.45) is 0 Å². The average Bonchev–Trinajstić information content (AvgIpc) is 2.63. The number of hydrogen-bond acceptors (Lipinski definition) is 4. The van der Waals surface area contributed by atoms with Crippen LogP contribution in [0.3, 0.4) is 0 Å². The second kappa shape index (κ2) is 10.2. The van der Waals surface area contributed by atoms with Gasteiger partial charge in [0.2, 0.25) is 0 Å². The van der Waals surface area contributed by atoms with Crippen LogP contribution >= 0.6 is 0 Å². The molecule has 0 aliphatic rings. The van der Waals surface area contributed by atoms with Gasteiger partial charge in [0, 0.05) is 6.07 Å². The lowest BCUT2D eigenvalue weighted by Gasteiger charge is -2.10. The van der Waals surface area contributed by atoms with Crippen LogP contribution in [0.25, 0.3) is 0 Å². The van der Waals surface area contributed by atoms with Crippen LogP contribution in [-0.4, -0.2) is 25.9 Å². The van der Waals surface area contributed by atoms with Gasteiger partial charge in [-0.3, -0.25) is 0 Å². The first kappa shape index (κ1) is 17.7. The third-order valence-corrected chi connectivity index (χ3v) is 3.13. The molecule has 128 valence electrons. The number of hydrogen-bond donors (Lipinski definition) is 1. The van der Waals surface area contributed by atoms with Gasteiger partial charge in [-0.15, -0.1) is 0 Å². The molecule has 1 N–H and O–H groups in total. The summed E-state index contributed by atoms with van der Waals surface area (Å²) in [5, 5.41) is 2.65. The van der Waals surface area contributed by atoms with Gasteiger partial charge in [0.1, 0.15) is 24.7 Å². The first-order valence-corrected chi connectivity index (χ1v) is 8.08. The maximum Gasteiger partial charge on any atom is 0.407 e. The summed E-state index contributed by atoms with van der Waals surface area (Å²) in [5.41, 5.74) is 0.952. The van der Waals surface area contributed by atoms with Gasteiger partial charge in [-0.1, -0.05) is 43.3 Å². The molecule has 5 nitrogen and oxygen atoms in total. The molecule has 0 aromatic heterocycles. The Morgan fingerprint density at radius 2 is 1.67 bits per heavy atom. The van der Waals surface area contributed by atoms with E-state index in [-0.39, 0.29) is 6.61 Å². The predicted molar refractivity (Wildman–Crippen MR) is 92.4 cm³/mol. The quantitative estimate of drug-likeness (QED) is 0.711. The Balaban J connectivity index is 1.62. The Hall–Kier alpha value is -2.69. The molecule has 24 heavy (non-hydrogen) atoms. The van der Waals surface area contributed by atoms with Crippen molar-refractivity contribution in [1.82, 2.24) is 5.32 Å². The van der Waals surface area contributed by atoms with Gasteiger partial charge in [-0.2, -0.15) is 0 Å². The zero-order valence-electron chi connectivity index (χ0n) is 13.9. The molecule has 0 heterocycles. The van der Waals surface area contributed by atoms with Crippen LogP contribution in [0.15, 0.2) is 54.6 Å². The average molecular weight is 329 g/mol. The van der Waals surface area contributed by atoms with Crippen LogP contribution < -0.4 is 14.8 Å². The zero-order valence-corrected chi connectivity index (χ0v) is 13.9. The summed E-state index contributed by atoms with van der Waals surface area (Å²) >= 11 is 0. The first-order chi connectivity index (χ1) is 11.8. The minimum absolute atomic E-state index is 0.254. The molecule has 5 heteroatoms. The van der Waals surface area contributed by atoms with Crippen LogP contribution in [-0.2, 0) is 11.3 Å². The van der Waals surface area contributed by atoms with E-state index < -0.39 is 6.09 Å². The van der Waals surface area contributed by atoms with E-state index in [1.807, 2.05) is 54.6 Å². The van der Waals surface area contributed by atoms with Gasteiger partial charge in [-0.05, 0) is 24.1 Å². The fourth-order valence-electron chi connectivity index (χ4n) is 1.97. The van der Waals surface area contributed by atoms with Crippen molar-refractivity contribution >= 4 is 6.09 Å². The topological polar surface area (TPSA) is 56.8 Å². The minimum Gasteiger partial charge on any atom is -0.493 e. The van der Waals surface area contributed by atoms with E-state index in [4.69, 9.17) is 14.2 Å². The summed E-state index contributed by atoms with van der Waals surface area (Å²) < 4.78 is 16.3. The van der Waals surface area contributed by atoms with Gasteiger partial charge < -0.3 is 19.5 Å². The molecule has 2 rings (SSSR count). The normalized spacial score (nSPS) is 10.0. The van der Waals surface area contributed by atoms with Gasteiger partial charge >= 0.3 is 6.09 Å². The van der Waals surface area contributed by atoms with E-state index in [0.717, 1.165) is 17.7 Å². The number of carbonyl (C=O) groups is 1. The maximum atomic E-state index is 11.6. The highest BCUT2D eigenvalue weighted by Gasteiger charge is 2.02. The fraction of sp³-hybridized carbons (Fsp3) is 0.316. The van der Waals surface area contributed by atoms with E-state index in [2.05, 4.69) is 12.2 Å². The number of ether oxygens (including phenoxy) is 3. The molecular formula is C19H23NO4. The third kappa shape index (κ3) is 6.60. The number of benzene rings is 2. The lowest BCUT2D eigenvalue weighted by molar-refractivity contribution is 0.137. The SMILES string of the molecule is CCCOc1cccc(OCCNC(=O)OCc2ccccc2)c1. The Morgan fingerprint density at radius 1 is 0.958 bits per heavy atom. The zero-order chi connectivity index (χ0) is 17.0. The summed E-state index contributed by atoms with van der Waals surface area (Å²) in [7, 11) is 0. The Bertz CT molecular complexity index is 616. The van der Waals surface area contributed by atoms with Crippen molar-refractivity contribution in [3.63, 3.8) is 0 Å². The Kier molecular flexibility index (Phi) is 7.47. The number of carbonyl (C=O) groups excluding carboxylic acids is 1. The molecule has 0 atom stereocenters. The Labute approximate surface area is 142 Å². The molecule has 0 aliphatic carbocycles. The number of amides is 1. The minimum atomic E-state index is -0.456. The van der Waals surface area contributed by atoms with Gasteiger partial charge in [0.15, 0.2) is 0 Å². The molecule has 0 saturated carbocycles. The number of rotatable bonds is 9. The number of nitrogens with one attached hydrogen (secondary N) is 1. The third-order valence-electron chi connectivity index (χ3n) is 3.13. The van der Waals surface area contributed by atoms with Crippen LogP contribution in [0.1, 0.15) is 18.9 Å². The predicted octanol–water partition coefficient (Wildman–Crippen LogP) is 3.78. The van der Waals surface area contributed by atoms with Gasteiger partial charge in [-0.25, -0.2) is 4.79 Å². The highest BCUT2D eigenvalue weighted by atomic mass is 16.5. The molecule has 0 spiro atoms. The van der Waals surface area contributed by atoms with E-state index in [1.165, 1.54) is 0 Å². The summed E-state index contributed by atoms with van der Waals surface area (Å²) in [4.78, 5) is 11.6. The summed E-state index contributed by atoms with van der Waals surface area (Å²) in [5.74, 6) is 1.49.